The number of amides is 1. The van der Waals surface area contributed by atoms with Crippen LogP contribution in [0.4, 0.5) is 0 Å². The number of hydrogen-bond acceptors (Lipinski definition) is 5. The van der Waals surface area contributed by atoms with E-state index >= 15 is 0 Å². The van der Waals surface area contributed by atoms with Gasteiger partial charge in [0.05, 0.1) is 10.6 Å². The summed E-state index contributed by atoms with van der Waals surface area (Å²) in [5.74, 6) is -0.321. The maximum atomic E-state index is 12.2. The first-order chi connectivity index (χ1) is 11.9. The normalized spacial score (nSPS) is 11.2. The number of pyridine rings is 1. The van der Waals surface area contributed by atoms with Crippen molar-refractivity contribution in [2.24, 2.45) is 5.14 Å². The fourth-order valence-corrected chi connectivity index (χ4v) is 2.69. The van der Waals surface area contributed by atoms with E-state index in [4.69, 9.17) is 5.14 Å². The summed E-state index contributed by atoms with van der Waals surface area (Å²) in [6.07, 6.45) is 3.32. The molecule has 0 unspecified atom stereocenters. The molecular weight excluding hydrogens is 342 g/mol. The first-order valence-electron chi connectivity index (χ1n) is 7.29. The number of benzene rings is 1. The molecule has 0 radical (unpaired) electrons. The molecule has 3 aromatic rings. The first kappa shape index (κ1) is 16.8. The molecule has 3 rings (SSSR count). The zero-order chi connectivity index (χ0) is 17.9. The van der Waals surface area contributed by atoms with Crippen LogP contribution >= 0.6 is 0 Å². The minimum Gasteiger partial charge on any atom is -0.347 e. The van der Waals surface area contributed by atoms with Gasteiger partial charge in [-0.15, -0.1) is 0 Å². The van der Waals surface area contributed by atoms with E-state index in [-0.39, 0.29) is 17.3 Å². The monoisotopic (exact) mass is 357 g/mol. The second kappa shape index (κ2) is 6.83. The molecule has 25 heavy (non-hydrogen) atoms. The van der Waals surface area contributed by atoms with E-state index in [1.54, 1.807) is 36.7 Å². The quantitative estimate of drug-likeness (QED) is 0.628. The summed E-state index contributed by atoms with van der Waals surface area (Å²) >= 11 is 0. The van der Waals surface area contributed by atoms with Gasteiger partial charge in [-0.25, -0.2) is 13.6 Å². The largest absolute Gasteiger partial charge is 0.347 e. The molecular formula is C16H15N5O3S. The molecule has 0 aliphatic rings. The van der Waals surface area contributed by atoms with Crippen LogP contribution in [0.3, 0.4) is 0 Å². The van der Waals surface area contributed by atoms with Crippen molar-refractivity contribution in [3.63, 3.8) is 0 Å². The van der Waals surface area contributed by atoms with Gasteiger partial charge in [-0.1, -0.05) is 12.1 Å². The van der Waals surface area contributed by atoms with E-state index in [1.807, 2.05) is 6.07 Å². The van der Waals surface area contributed by atoms with Crippen LogP contribution in [0.2, 0.25) is 0 Å². The molecule has 0 bridgehead atoms. The maximum absolute atomic E-state index is 12.2. The lowest BCUT2D eigenvalue weighted by Gasteiger charge is -2.04. The Labute approximate surface area is 144 Å². The Hall–Kier alpha value is -3.04. The Morgan fingerprint density at radius 2 is 1.96 bits per heavy atom. The van der Waals surface area contributed by atoms with Crippen molar-refractivity contribution in [3.05, 3.63) is 66.1 Å². The maximum Gasteiger partial charge on any atom is 0.269 e. The lowest BCUT2D eigenvalue weighted by molar-refractivity contribution is 0.0946. The zero-order valence-electron chi connectivity index (χ0n) is 13.0. The second-order valence-electron chi connectivity index (χ2n) is 5.28. The van der Waals surface area contributed by atoms with Gasteiger partial charge in [0, 0.05) is 24.5 Å². The molecule has 0 spiro atoms. The van der Waals surface area contributed by atoms with Crippen molar-refractivity contribution in [2.45, 2.75) is 11.4 Å². The number of carbonyl (C=O) groups is 1. The number of primary sulfonamides is 1. The number of H-pyrrole nitrogens is 1. The smallest absolute Gasteiger partial charge is 0.269 e. The van der Waals surface area contributed by atoms with E-state index in [2.05, 4.69) is 20.5 Å². The first-order valence-corrected chi connectivity index (χ1v) is 8.84. The number of nitrogens with zero attached hydrogens (tertiary/aromatic N) is 2. The fraction of sp³-hybridized carbons (Fsp3) is 0.0625. The van der Waals surface area contributed by atoms with Crippen LogP contribution in [0.5, 0.6) is 0 Å². The molecule has 0 fully saturated rings. The van der Waals surface area contributed by atoms with Crippen LogP contribution in [-0.2, 0) is 16.6 Å². The van der Waals surface area contributed by atoms with Gasteiger partial charge < -0.3 is 5.32 Å². The number of nitrogens with two attached hydrogens (primary N) is 1. The lowest BCUT2D eigenvalue weighted by Crippen LogP contribution is -2.23. The zero-order valence-corrected chi connectivity index (χ0v) is 13.8. The van der Waals surface area contributed by atoms with Crippen molar-refractivity contribution >= 4 is 15.9 Å². The van der Waals surface area contributed by atoms with Crippen molar-refractivity contribution in [1.29, 1.82) is 0 Å². The third kappa shape index (κ3) is 4.08. The molecule has 1 amide bonds. The van der Waals surface area contributed by atoms with E-state index in [0.717, 1.165) is 11.1 Å². The summed E-state index contributed by atoms with van der Waals surface area (Å²) in [4.78, 5) is 16.2. The van der Waals surface area contributed by atoms with Gasteiger partial charge in [-0.2, -0.15) is 5.10 Å². The number of rotatable bonds is 5. The molecule has 0 aliphatic carbocycles. The minimum absolute atomic E-state index is 0.0252. The van der Waals surface area contributed by atoms with Gasteiger partial charge in [0.15, 0.2) is 0 Å². The molecule has 0 atom stereocenters. The number of aromatic amines is 1. The highest BCUT2D eigenvalue weighted by Crippen LogP contribution is 2.16. The van der Waals surface area contributed by atoms with Gasteiger partial charge >= 0.3 is 0 Å². The SMILES string of the molecule is NS(=O)(=O)c1ccc(CNC(=O)c2cc(-c3cccnc3)n[nH]2)cc1. The number of nitrogens with one attached hydrogen (secondary N) is 2. The molecule has 4 N–H and O–H groups in total. The standard InChI is InChI=1S/C16H15N5O3S/c17-25(23,24)13-5-3-11(4-6-13)9-19-16(22)15-8-14(20-21-15)12-2-1-7-18-10-12/h1-8,10H,9H2,(H,19,22)(H,20,21)(H2,17,23,24). The fourth-order valence-electron chi connectivity index (χ4n) is 2.17. The molecule has 1 aromatic carbocycles. The van der Waals surface area contributed by atoms with Crippen molar-refractivity contribution < 1.29 is 13.2 Å². The molecule has 128 valence electrons. The third-order valence-electron chi connectivity index (χ3n) is 3.48. The van der Waals surface area contributed by atoms with Crippen molar-refractivity contribution in [2.75, 3.05) is 0 Å². The predicted octanol–water partition coefficient (Wildman–Crippen LogP) is 1.05. The molecule has 0 aliphatic heterocycles. The molecule has 9 heteroatoms. The van der Waals surface area contributed by atoms with Crippen LogP contribution in [0.25, 0.3) is 11.3 Å². The third-order valence-corrected chi connectivity index (χ3v) is 4.41. The van der Waals surface area contributed by atoms with E-state index in [9.17, 15) is 13.2 Å². The van der Waals surface area contributed by atoms with E-state index in [1.165, 1.54) is 12.1 Å². The summed E-state index contributed by atoms with van der Waals surface area (Å²) < 4.78 is 22.4. The second-order valence-corrected chi connectivity index (χ2v) is 6.84. The summed E-state index contributed by atoms with van der Waals surface area (Å²) in [6, 6.07) is 11.2. The molecule has 2 heterocycles. The summed E-state index contributed by atoms with van der Waals surface area (Å²) in [6.45, 7) is 0.241. The van der Waals surface area contributed by atoms with Gasteiger partial charge in [0.2, 0.25) is 10.0 Å². The minimum atomic E-state index is -3.72. The highest BCUT2D eigenvalue weighted by Gasteiger charge is 2.11. The number of hydrogen-bond donors (Lipinski definition) is 3. The van der Waals surface area contributed by atoms with E-state index < -0.39 is 10.0 Å². The van der Waals surface area contributed by atoms with Crippen LogP contribution in [0.15, 0.2) is 59.8 Å². The Balaban J connectivity index is 1.64. The molecule has 8 nitrogen and oxygen atoms in total. The Morgan fingerprint density at radius 1 is 1.20 bits per heavy atom. The number of carbonyl (C=O) groups excluding carboxylic acids is 1. The molecule has 2 aromatic heterocycles. The van der Waals surface area contributed by atoms with Gasteiger partial charge in [0.1, 0.15) is 5.69 Å². The summed E-state index contributed by atoms with van der Waals surface area (Å²) in [7, 11) is -3.72. The summed E-state index contributed by atoms with van der Waals surface area (Å²) in [5.41, 5.74) is 2.49. The van der Waals surface area contributed by atoms with Crippen LogP contribution in [0.1, 0.15) is 16.1 Å². The van der Waals surface area contributed by atoms with Crippen LogP contribution in [-0.4, -0.2) is 29.5 Å². The van der Waals surface area contributed by atoms with E-state index in [0.29, 0.717) is 11.4 Å². The average molecular weight is 357 g/mol. The highest BCUT2D eigenvalue weighted by atomic mass is 32.2. The van der Waals surface area contributed by atoms with Crippen LogP contribution < -0.4 is 10.5 Å². The van der Waals surface area contributed by atoms with Gasteiger partial charge in [0.25, 0.3) is 5.91 Å². The predicted molar refractivity (Wildman–Crippen MR) is 90.8 cm³/mol. The summed E-state index contributed by atoms with van der Waals surface area (Å²) in [5, 5.41) is 14.6. The molecule has 0 saturated carbocycles. The Morgan fingerprint density at radius 3 is 2.60 bits per heavy atom. The van der Waals surface area contributed by atoms with Crippen molar-refractivity contribution in [1.82, 2.24) is 20.5 Å². The Bertz CT molecular complexity index is 982. The van der Waals surface area contributed by atoms with Gasteiger partial charge in [-0.3, -0.25) is 14.9 Å². The topological polar surface area (TPSA) is 131 Å². The highest BCUT2D eigenvalue weighted by molar-refractivity contribution is 7.89. The van der Waals surface area contributed by atoms with Gasteiger partial charge in [-0.05, 0) is 35.9 Å². The lowest BCUT2D eigenvalue weighted by atomic mass is 10.2. The Kier molecular flexibility index (Phi) is 4.59. The molecule has 0 saturated heterocycles. The average Bonchev–Trinajstić information content (AvgIpc) is 3.10. The van der Waals surface area contributed by atoms with Crippen LogP contribution in [0, 0.1) is 0 Å². The number of sulfonamides is 1. The van der Waals surface area contributed by atoms with Crippen molar-refractivity contribution in [3.8, 4) is 11.3 Å². The number of aromatic nitrogens is 3.